The maximum atomic E-state index is 2.39. The number of unbranched alkanes of at least 4 members (excludes halogenated alkanes) is 3. The summed E-state index contributed by atoms with van der Waals surface area (Å²) in [5.74, 6) is 0. The summed E-state index contributed by atoms with van der Waals surface area (Å²) in [5.41, 5.74) is 7.40. The van der Waals surface area contributed by atoms with Crippen LogP contribution in [-0.4, -0.2) is 0 Å². The molecule has 0 amide bonds. The van der Waals surface area contributed by atoms with Crippen LogP contribution < -0.4 is 10.4 Å². The van der Waals surface area contributed by atoms with E-state index in [2.05, 4.69) is 165 Å². The molecule has 0 aliphatic heterocycles. The Morgan fingerprint density at radius 3 is 1.01 bits per heavy atom. The average Bonchev–Trinajstić information content (AvgIpc) is 3.37. The van der Waals surface area contributed by atoms with Crippen LogP contribution in [0.2, 0.25) is 0 Å². The van der Waals surface area contributed by atoms with E-state index >= 15 is 0 Å². The van der Waals surface area contributed by atoms with E-state index in [4.69, 9.17) is 0 Å². The highest BCUT2D eigenvalue weighted by atomic mass is 14.1. The van der Waals surface area contributed by atoms with Crippen molar-refractivity contribution in [2.75, 3.05) is 0 Å². The molecule has 0 N–H and O–H groups in total. The van der Waals surface area contributed by atoms with Crippen molar-refractivity contribution in [2.24, 2.45) is 0 Å². The summed E-state index contributed by atoms with van der Waals surface area (Å²) in [6.45, 7) is 68.9. The molecule has 1 aliphatic rings. The summed E-state index contributed by atoms with van der Waals surface area (Å²) in [7, 11) is 0. The molecule has 0 saturated heterocycles. The van der Waals surface area contributed by atoms with Crippen molar-refractivity contribution >= 4 is 22.4 Å². The molecule has 1 aliphatic carbocycles. The first-order valence-corrected chi connectivity index (χ1v) is 28.0. The molecule has 0 aromatic heterocycles. The molecule has 2 aromatic carbocycles. The van der Waals surface area contributed by atoms with Gasteiger partial charge in [0.2, 0.25) is 0 Å². The highest BCUT2D eigenvalue weighted by Crippen LogP contribution is 2.20. The van der Waals surface area contributed by atoms with Crippen LogP contribution in [0.1, 0.15) is 346 Å². The molecule has 0 heterocycles. The minimum absolute atomic E-state index is 0. The molecule has 0 radical (unpaired) electrons. The minimum Gasteiger partial charge on any atom is -0.0917 e. The van der Waals surface area contributed by atoms with Crippen molar-refractivity contribution in [3.63, 3.8) is 0 Å². The van der Waals surface area contributed by atoms with Crippen molar-refractivity contribution in [1.29, 1.82) is 0 Å². The Labute approximate surface area is 450 Å². The fourth-order valence-corrected chi connectivity index (χ4v) is 4.51. The molecule has 0 heteroatoms. The lowest BCUT2D eigenvalue weighted by Crippen LogP contribution is -2.31. The van der Waals surface area contributed by atoms with Gasteiger partial charge in [-0.05, 0) is 126 Å². The monoisotopic (exact) mass is 983 g/mol. The third kappa shape index (κ3) is 96.0. The molecule has 0 unspecified atom stereocenters. The topological polar surface area (TPSA) is 0 Å². The second-order valence-corrected chi connectivity index (χ2v) is 12.9. The molecular formula is C69H154. The van der Waals surface area contributed by atoms with E-state index in [1.165, 1.54) is 121 Å². The summed E-state index contributed by atoms with van der Waals surface area (Å²) < 4.78 is 0. The first-order chi connectivity index (χ1) is 31.0. The molecule has 69 heavy (non-hydrogen) atoms. The number of hydrogen-bond acceptors (Lipinski definition) is 0. The standard InChI is InChI=1S/C17H18.2C7H14.C5H10.3C4H10.8C2H6.5CH4/c1-11-6-4-8-14-10-15-9-5-7-12(2)17(15)13(3)16(11)14;2*1-4-6-7(3)5-2;1-3-5-4-2;3*1-3-4-2;8*1-2;;;;;/h4,6,8-10H,5,7H2,1-3H3;2*5H,4,6H2,1-3H3;3,5H,4H2,1-2H3;3*3-4H2,1-2H3;8*1-2H3;5*1H4/b;2*7-5-;5-3-;;;;;;;;;;;;;;;;. The molecule has 3 rings (SSSR count). The third-order valence-electron chi connectivity index (χ3n) is 8.21. The maximum absolute atomic E-state index is 2.39. The van der Waals surface area contributed by atoms with Gasteiger partial charge in [-0.1, -0.05) is 327 Å². The van der Waals surface area contributed by atoms with Crippen LogP contribution in [0.25, 0.3) is 22.4 Å². The van der Waals surface area contributed by atoms with Crippen LogP contribution in [0.4, 0.5) is 0 Å². The van der Waals surface area contributed by atoms with Crippen LogP contribution >= 0.6 is 0 Å². The van der Waals surface area contributed by atoms with Gasteiger partial charge in [-0.3, -0.25) is 0 Å². The zero-order valence-corrected chi connectivity index (χ0v) is 51.9. The number of hydrogen-bond donors (Lipinski definition) is 0. The van der Waals surface area contributed by atoms with Crippen LogP contribution in [-0.2, 0) is 0 Å². The fourth-order valence-electron chi connectivity index (χ4n) is 4.51. The Kier molecular flexibility index (Phi) is 213. The largest absolute Gasteiger partial charge is 0.0917 e. The van der Waals surface area contributed by atoms with Gasteiger partial charge in [0.05, 0.1) is 0 Å². The minimum atomic E-state index is 0. The Morgan fingerprint density at radius 2 is 0.797 bits per heavy atom. The Morgan fingerprint density at radius 1 is 0.478 bits per heavy atom. The van der Waals surface area contributed by atoms with Gasteiger partial charge in [-0.25, -0.2) is 0 Å². The Hall–Kier alpha value is -2.34. The summed E-state index contributed by atoms with van der Waals surface area (Å²) >= 11 is 0. The molecule has 0 saturated carbocycles. The third-order valence-corrected chi connectivity index (χ3v) is 8.21. The van der Waals surface area contributed by atoms with Gasteiger partial charge in [0.1, 0.15) is 0 Å². The van der Waals surface area contributed by atoms with Gasteiger partial charge in [0.15, 0.2) is 0 Å². The van der Waals surface area contributed by atoms with E-state index < -0.39 is 0 Å². The Balaban J connectivity index is -0.0000000305. The maximum Gasteiger partial charge on any atom is -0.0119 e. The first kappa shape index (κ1) is 117. The van der Waals surface area contributed by atoms with Gasteiger partial charge in [-0.15, -0.1) is 0 Å². The first-order valence-electron chi connectivity index (χ1n) is 28.0. The normalized spacial score (nSPS) is 8.80. The van der Waals surface area contributed by atoms with Crippen molar-refractivity contribution in [2.45, 2.75) is 349 Å². The van der Waals surface area contributed by atoms with Crippen molar-refractivity contribution < 1.29 is 0 Å². The van der Waals surface area contributed by atoms with Gasteiger partial charge >= 0.3 is 0 Å². The van der Waals surface area contributed by atoms with Crippen LogP contribution in [0.3, 0.4) is 0 Å². The molecule has 2 aromatic rings. The predicted molar refractivity (Wildman–Crippen MR) is 355 cm³/mol. The van der Waals surface area contributed by atoms with Gasteiger partial charge in [-0.2, -0.15) is 0 Å². The van der Waals surface area contributed by atoms with E-state index in [1.54, 1.807) is 5.57 Å². The van der Waals surface area contributed by atoms with E-state index in [1.807, 2.05) is 118 Å². The summed E-state index contributed by atoms with van der Waals surface area (Å²) in [6, 6.07) is 8.95. The Bertz CT molecular complexity index is 1160. The van der Waals surface area contributed by atoms with E-state index in [0.717, 1.165) is 6.42 Å². The number of aryl methyl sites for hydroxylation is 2. The molecular weight excluding hydrogens is 829 g/mol. The van der Waals surface area contributed by atoms with Gasteiger partial charge < -0.3 is 0 Å². The van der Waals surface area contributed by atoms with Gasteiger partial charge in [0.25, 0.3) is 0 Å². The number of rotatable bonds is 8. The zero-order valence-electron chi connectivity index (χ0n) is 51.9. The fraction of sp³-hybridized carbons (Fsp3) is 0.739. The van der Waals surface area contributed by atoms with E-state index in [-0.39, 0.29) is 37.1 Å². The van der Waals surface area contributed by atoms with Crippen LogP contribution in [0.5, 0.6) is 0 Å². The lowest BCUT2D eigenvalue weighted by Gasteiger charge is -2.13. The zero-order chi connectivity index (χ0) is 53.8. The lowest BCUT2D eigenvalue weighted by molar-refractivity contribution is 0.886. The number of allylic oxidation sites excluding steroid dienone is 6. The number of fused-ring (bicyclic) bond motifs is 2. The highest BCUT2D eigenvalue weighted by Gasteiger charge is 2.08. The van der Waals surface area contributed by atoms with Crippen molar-refractivity contribution in [1.82, 2.24) is 0 Å². The second-order valence-electron chi connectivity index (χ2n) is 12.9. The smallest absolute Gasteiger partial charge is 0.0119 e. The quantitative estimate of drug-likeness (QED) is 0.231. The summed E-state index contributed by atoms with van der Waals surface area (Å²) in [6.07, 6.45) is 27.5. The number of benzene rings is 2. The second kappa shape index (κ2) is 126. The van der Waals surface area contributed by atoms with Crippen LogP contribution in [0.15, 0.2) is 59.7 Å². The van der Waals surface area contributed by atoms with Crippen molar-refractivity contribution in [3.8, 4) is 0 Å². The van der Waals surface area contributed by atoms with Gasteiger partial charge in [0, 0.05) is 0 Å². The van der Waals surface area contributed by atoms with E-state index in [0.29, 0.717) is 0 Å². The average molecular weight is 984 g/mol. The molecule has 0 fully saturated rings. The molecule has 430 valence electrons. The summed E-state index contributed by atoms with van der Waals surface area (Å²) in [4.78, 5) is 0. The molecule has 0 bridgehead atoms. The molecule has 0 atom stereocenters. The lowest BCUT2D eigenvalue weighted by atomic mass is 9.92. The van der Waals surface area contributed by atoms with Crippen molar-refractivity contribution in [3.05, 3.63) is 81.3 Å². The predicted octanol–water partition coefficient (Wildman–Crippen LogP) is 27.5. The molecule has 0 spiro atoms. The van der Waals surface area contributed by atoms with E-state index in [9.17, 15) is 0 Å². The summed E-state index contributed by atoms with van der Waals surface area (Å²) in [5, 5.41) is 5.76. The SMILES string of the molecule is C.C.C.C.C.C/C=C(/C)CCC.C/C=C(/C)CCC.C/C=C\CC.CC.CC.CC.CC.CC.CC.CC.CC.CC1=c2c(C)c3c(C)cccc3cc2=CCC1.CCCC.CCCC.CCCC. The highest BCUT2D eigenvalue weighted by molar-refractivity contribution is 5.89. The van der Waals surface area contributed by atoms with Crippen LogP contribution in [0, 0.1) is 13.8 Å². The molecule has 0 nitrogen and oxygen atoms in total.